The molecule has 8 heteroatoms. The molecule has 3 aromatic carbocycles. The summed E-state index contributed by atoms with van der Waals surface area (Å²) in [5, 5.41) is 9.12. The van der Waals surface area contributed by atoms with E-state index in [9.17, 15) is 9.59 Å². The van der Waals surface area contributed by atoms with E-state index in [2.05, 4.69) is 40.1 Å². The predicted octanol–water partition coefficient (Wildman–Crippen LogP) is 4.66. The van der Waals surface area contributed by atoms with Gasteiger partial charge in [0.1, 0.15) is 0 Å². The SMILES string of the molecule is COC(=O)c1ccc(C(=O)N2CCN(C[C@H](OCc3ccc(C#N)cc3)c3cccc(N4CCCC4)c3)CC2)cc1. The van der Waals surface area contributed by atoms with Gasteiger partial charge in [0.05, 0.1) is 37.0 Å². The first-order valence-corrected chi connectivity index (χ1v) is 14.2. The molecule has 0 radical (unpaired) electrons. The number of benzene rings is 3. The Hall–Kier alpha value is -4.19. The van der Waals surface area contributed by atoms with Crippen LogP contribution in [0.1, 0.15) is 56.4 Å². The highest BCUT2D eigenvalue weighted by Crippen LogP contribution is 2.28. The van der Waals surface area contributed by atoms with Crippen molar-refractivity contribution < 1.29 is 19.1 Å². The van der Waals surface area contributed by atoms with Crippen molar-refractivity contribution >= 4 is 17.6 Å². The molecule has 2 heterocycles. The Kier molecular flexibility index (Phi) is 9.29. The van der Waals surface area contributed by atoms with Crippen molar-refractivity contribution in [2.75, 3.05) is 57.8 Å². The second-order valence-electron chi connectivity index (χ2n) is 10.6. The third-order valence-electron chi connectivity index (χ3n) is 7.88. The summed E-state index contributed by atoms with van der Waals surface area (Å²) in [6.45, 7) is 6.06. The lowest BCUT2D eigenvalue weighted by molar-refractivity contribution is 0.00343. The zero-order valence-electron chi connectivity index (χ0n) is 23.5. The lowest BCUT2D eigenvalue weighted by Gasteiger charge is -2.36. The minimum Gasteiger partial charge on any atom is -0.465 e. The first-order chi connectivity index (χ1) is 20.0. The van der Waals surface area contributed by atoms with Crippen molar-refractivity contribution in [1.82, 2.24) is 9.80 Å². The third-order valence-corrected chi connectivity index (χ3v) is 7.88. The van der Waals surface area contributed by atoms with Gasteiger partial charge in [0.2, 0.25) is 0 Å². The molecule has 2 saturated heterocycles. The maximum Gasteiger partial charge on any atom is 0.337 e. The number of piperazine rings is 1. The molecule has 3 aromatic rings. The molecular formula is C33H36N4O4. The number of nitriles is 1. The van der Waals surface area contributed by atoms with Crippen LogP contribution in [0.3, 0.4) is 0 Å². The van der Waals surface area contributed by atoms with E-state index in [1.165, 1.54) is 25.6 Å². The molecule has 2 aliphatic heterocycles. The summed E-state index contributed by atoms with van der Waals surface area (Å²) in [5.41, 5.74) is 5.03. The Labute approximate surface area is 241 Å². The summed E-state index contributed by atoms with van der Waals surface area (Å²) in [6.07, 6.45) is 2.31. The first-order valence-electron chi connectivity index (χ1n) is 14.2. The van der Waals surface area contributed by atoms with Gasteiger partial charge < -0.3 is 19.3 Å². The zero-order valence-corrected chi connectivity index (χ0v) is 23.5. The summed E-state index contributed by atoms with van der Waals surface area (Å²) in [4.78, 5) is 31.5. The van der Waals surface area contributed by atoms with Crippen molar-refractivity contribution in [3.63, 3.8) is 0 Å². The number of anilines is 1. The molecule has 8 nitrogen and oxygen atoms in total. The van der Waals surface area contributed by atoms with E-state index in [1.54, 1.807) is 24.3 Å². The monoisotopic (exact) mass is 552 g/mol. The Bertz CT molecular complexity index is 1370. The van der Waals surface area contributed by atoms with E-state index in [0.717, 1.165) is 43.9 Å². The number of carbonyl (C=O) groups excluding carboxylic acids is 2. The Balaban J connectivity index is 1.24. The fourth-order valence-corrected chi connectivity index (χ4v) is 5.44. The molecule has 212 valence electrons. The minimum absolute atomic E-state index is 0.0343. The smallest absolute Gasteiger partial charge is 0.337 e. The van der Waals surface area contributed by atoms with Crippen LogP contribution >= 0.6 is 0 Å². The molecule has 2 fully saturated rings. The van der Waals surface area contributed by atoms with Gasteiger partial charge in [-0.05, 0) is 72.5 Å². The van der Waals surface area contributed by atoms with Crippen LogP contribution in [0.2, 0.25) is 0 Å². The van der Waals surface area contributed by atoms with Crippen molar-refractivity contribution in [2.45, 2.75) is 25.6 Å². The van der Waals surface area contributed by atoms with Crippen LogP contribution in [-0.4, -0.2) is 74.6 Å². The topological polar surface area (TPSA) is 86.1 Å². The predicted molar refractivity (Wildman–Crippen MR) is 157 cm³/mol. The molecule has 0 saturated carbocycles. The minimum atomic E-state index is -0.417. The number of esters is 1. The molecule has 0 spiro atoms. The molecule has 0 aromatic heterocycles. The van der Waals surface area contributed by atoms with E-state index in [-0.39, 0.29) is 12.0 Å². The van der Waals surface area contributed by atoms with E-state index in [0.29, 0.717) is 36.4 Å². The van der Waals surface area contributed by atoms with E-state index in [1.807, 2.05) is 29.2 Å². The first kappa shape index (κ1) is 28.3. The van der Waals surface area contributed by atoms with E-state index < -0.39 is 5.97 Å². The number of rotatable bonds is 9. The Morgan fingerprint density at radius 3 is 2.22 bits per heavy atom. The van der Waals surface area contributed by atoms with Crippen LogP contribution in [-0.2, 0) is 16.1 Å². The zero-order chi connectivity index (χ0) is 28.6. The van der Waals surface area contributed by atoms with Gasteiger partial charge >= 0.3 is 5.97 Å². The van der Waals surface area contributed by atoms with Crippen LogP contribution in [0.15, 0.2) is 72.8 Å². The number of nitrogens with zero attached hydrogens (tertiary/aromatic N) is 4. The van der Waals surface area contributed by atoms with Gasteiger partial charge in [-0.3, -0.25) is 9.69 Å². The molecule has 0 unspecified atom stereocenters. The van der Waals surface area contributed by atoms with E-state index in [4.69, 9.17) is 14.7 Å². The summed E-state index contributed by atoms with van der Waals surface area (Å²) in [5.74, 6) is -0.451. The number of ether oxygens (including phenoxy) is 2. The Morgan fingerprint density at radius 2 is 1.56 bits per heavy atom. The fraction of sp³-hybridized carbons (Fsp3) is 0.364. The Morgan fingerprint density at radius 1 is 0.878 bits per heavy atom. The van der Waals surface area contributed by atoms with Crippen LogP contribution < -0.4 is 4.90 Å². The number of hydrogen-bond donors (Lipinski definition) is 0. The summed E-state index contributed by atoms with van der Waals surface area (Å²) in [7, 11) is 1.34. The molecule has 5 rings (SSSR count). The molecule has 41 heavy (non-hydrogen) atoms. The second-order valence-corrected chi connectivity index (χ2v) is 10.6. The highest BCUT2D eigenvalue weighted by Gasteiger charge is 2.26. The summed E-state index contributed by atoms with van der Waals surface area (Å²) < 4.78 is 11.3. The van der Waals surface area contributed by atoms with Gasteiger partial charge in [-0.15, -0.1) is 0 Å². The average Bonchev–Trinajstić information content (AvgIpc) is 3.58. The number of amides is 1. The lowest BCUT2D eigenvalue weighted by Crippen LogP contribution is -2.49. The van der Waals surface area contributed by atoms with Crippen molar-refractivity contribution in [3.8, 4) is 6.07 Å². The average molecular weight is 553 g/mol. The summed E-state index contributed by atoms with van der Waals surface area (Å²) >= 11 is 0. The molecular weight excluding hydrogens is 516 g/mol. The molecule has 0 aliphatic carbocycles. The van der Waals surface area contributed by atoms with Crippen molar-refractivity contribution in [2.24, 2.45) is 0 Å². The standard InChI is InChI=1S/C33H36N4O4/c1-40-33(39)28-13-11-27(12-14-28)32(38)37-19-17-35(18-20-37)23-31(41-24-26-9-7-25(22-34)8-10-26)29-5-4-6-30(21-29)36-15-2-3-16-36/h4-14,21,31H,2-3,15-20,23-24H2,1H3/t31-/m0/s1. The van der Waals surface area contributed by atoms with Gasteiger partial charge in [-0.2, -0.15) is 5.26 Å². The summed E-state index contributed by atoms with van der Waals surface area (Å²) in [6, 6.07) is 25.0. The van der Waals surface area contributed by atoms with Crippen LogP contribution in [0.25, 0.3) is 0 Å². The van der Waals surface area contributed by atoms with E-state index >= 15 is 0 Å². The van der Waals surface area contributed by atoms with Crippen LogP contribution in [0.5, 0.6) is 0 Å². The van der Waals surface area contributed by atoms with Gasteiger partial charge in [0.15, 0.2) is 0 Å². The van der Waals surface area contributed by atoms with Crippen LogP contribution in [0, 0.1) is 11.3 Å². The fourth-order valence-electron chi connectivity index (χ4n) is 5.44. The number of hydrogen-bond acceptors (Lipinski definition) is 7. The molecule has 0 bridgehead atoms. The highest BCUT2D eigenvalue weighted by molar-refractivity contribution is 5.96. The molecule has 0 N–H and O–H groups in total. The maximum atomic E-state index is 13.1. The van der Waals surface area contributed by atoms with Gasteiger partial charge in [-0.1, -0.05) is 24.3 Å². The van der Waals surface area contributed by atoms with Crippen molar-refractivity contribution in [1.29, 1.82) is 5.26 Å². The normalized spacial score (nSPS) is 16.3. The number of methoxy groups -OCH3 is 1. The largest absolute Gasteiger partial charge is 0.465 e. The van der Waals surface area contributed by atoms with Gasteiger partial charge in [0, 0.05) is 57.1 Å². The quantitative estimate of drug-likeness (QED) is 0.357. The third kappa shape index (κ3) is 7.12. The van der Waals surface area contributed by atoms with Crippen LogP contribution in [0.4, 0.5) is 5.69 Å². The molecule has 1 amide bonds. The lowest BCUT2D eigenvalue weighted by atomic mass is 10.1. The highest BCUT2D eigenvalue weighted by atomic mass is 16.5. The molecule has 2 aliphatic rings. The number of carbonyl (C=O) groups is 2. The van der Waals surface area contributed by atoms with Gasteiger partial charge in [0.25, 0.3) is 5.91 Å². The van der Waals surface area contributed by atoms with Gasteiger partial charge in [-0.25, -0.2) is 4.79 Å². The maximum absolute atomic E-state index is 13.1. The molecule has 1 atom stereocenters. The second kappa shape index (κ2) is 13.4. The van der Waals surface area contributed by atoms with Crippen molar-refractivity contribution in [3.05, 3.63) is 101 Å².